The molecule has 122 valence electrons. The highest BCUT2D eigenvalue weighted by Crippen LogP contribution is 2.28. The summed E-state index contributed by atoms with van der Waals surface area (Å²) in [7, 11) is 0. The lowest BCUT2D eigenvalue weighted by Gasteiger charge is -2.32. The Bertz CT molecular complexity index is 823. The number of aromatic amines is 2. The quantitative estimate of drug-likeness (QED) is 0.655. The van der Waals surface area contributed by atoms with Crippen molar-refractivity contribution >= 4 is 34.6 Å². The molecule has 2 aromatic rings. The summed E-state index contributed by atoms with van der Waals surface area (Å²) in [4.78, 5) is 40.7. The Hall–Kier alpha value is -2.22. The highest BCUT2D eigenvalue weighted by atomic mass is 32.2. The van der Waals surface area contributed by atoms with E-state index in [0.717, 1.165) is 11.1 Å². The fourth-order valence-electron chi connectivity index (χ4n) is 2.37. The van der Waals surface area contributed by atoms with E-state index >= 15 is 0 Å². The number of carbonyl (C=O) groups is 2. The van der Waals surface area contributed by atoms with E-state index in [-0.39, 0.29) is 17.5 Å². The number of benzene rings is 1. The van der Waals surface area contributed by atoms with Crippen LogP contribution in [0.2, 0.25) is 0 Å². The number of nitrogens with one attached hydrogen (secondary N) is 4. The lowest BCUT2D eigenvalue weighted by atomic mass is 10.1. The second-order valence-corrected chi connectivity index (χ2v) is 7.67. The zero-order chi connectivity index (χ0) is 16.6. The molecule has 1 atom stereocenters. The van der Waals surface area contributed by atoms with Gasteiger partial charge in [-0.05, 0) is 31.5 Å². The standard InChI is InChI=1S/C15H18N4O3S/c1-15(2)13(21)17-11(7-23-15)12(20)16-6-8-3-4-9-10(5-8)19-14(22)18-9/h3-5,11H,6-7H2,1-2H3,(H,16,20)(H,17,21)(H2,18,19,22)/t11-/m0/s1. The van der Waals surface area contributed by atoms with Crippen LogP contribution in [0.5, 0.6) is 0 Å². The molecule has 1 fully saturated rings. The number of aromatic nitrogens is 2. The summed E-state index contributed by atoms with van der Waals surface area (Å²) >= 11 is 1.47. The smallest absolute Gasteiger partial charge is 0.323 e. The molecule has 23 heavy (non-hydrogen) atoms. The lowest BCUT2D eigenvalue weighted by molar-refractivity contribution is -0.129. The molecule has 0 radical (unpaired) electrons. The minimum atomic E-state index is -0.517. The van der Waals surface area contributed by atoms with Gasteiger partial charge in [-0.2, -0.15) is 0 Å². The van der Waals surface area contributed by atoms with Gasteiger partial charge in [0.2, 0.25) is 11.8 Å². The monoisotopic (exact) mass is 334 g/mol. The molecule has 0 bridgehead atoms. The van der Waals surface area contributed by atoms with E-state index in [1.165, 1.54) is 11.8 Å². The topological polar surface area (TPSA) is 107 Å². The van der Waals surface area contributed by atoms with Gasteiger partial charge in [0.1, 0.15) is 6.04 Å². The van der Waals surface area contributed by atoms with Crippen LogP contribution in [0.1, 0.15) is 19.4 Å². The maximum atomic E-state index is 12.2. The second-order valence-electron chi connectivity index (χ2n) is 6.02. The van der Waals surface area contributed by atoms with Crippen molar-refractivity contribution in [3.05, 3.63) is 34.2 Å². The van der Waals surface area contributed by atoms with Crippen molar-refractivity contribution in [1.82, 2.24) is 20.6 Å². The van der Waals surface area contributed by atoms with Gasteiger partial charge in [0.15, 0.2) is 0 Å². The predicted molar refractivity (Wildman–Crippen MR) is 89.2 cm³/mol. The Kier molecular flexibility index (Phi) is 3.93. The van der Waals surface area contributed by atoms with Gasteiger partial charge >= 0.3 is 5.69 Å². The number of fused-ring (bicyclic) bond motifs is 1. The van der Waals surface area contributed by atoms with Crippen molar-refractivity contribution in [2.75, 3.05) is 5.75 Å². The van der Waals surface area contributed by atoms with Gasteiger partial charge in [0.05, 0.1) is 15.8 Å². The molecule has 2 amide bonds. The van der Waals surface area contributed by atoms with E-state index in [1.807, 2.05) is 26.0 Å². The van der Waals surface area contributed by atoms with Crippen LogP contribution in [0.15, 0.2) is 23.0 Å². The Balaban J connectivity index is 1.62. The lowest BCUT2D eigenvalue weighted by Crippen LogP contribution is -2.57. The molecule has 1 aromatic heterocycles. The van der Waals surface area contributed by atoms with Crippen LogP contribution in [-0.4, -0.2) is 38.3 Å². The Morgan fingerprint density at radius 2 is 2.04 bits per heavy atom. The average Bonchev–Trinajstić information content (AvgIpc) is 2.86. The summed E-state index contributed by atoms with van der Waals surface area (Å²) in [5.41, 5.74) is 2.04. The highest BCUT2D eigenvalue weighted by molar-refractivity contribution is 8.01. The van der Waals surface area contributed by atoms with Crippen molar-refractivity contribution in [3.8, 4) is 0 Å². The molecule has 7 nitrogen and oxygen atoms in total. The van der Waals surface area contributed by atoms with Gasteiger partial charge in [0, 0.05) is 12.3 Å². The van der Waals surface area contributed by atoms with Gasteiger partial charge in [-0.1, -0.05) is 6.07 Å². The third-order valence-electron chi connectivity index (χ3n) is 3.83. The van der Waals surface area contributed by atoms with Crippen LogP contribution < -0.4 is 16.3 Å². The van der Waals surface area contributed by atoms with E-state index in [1.54, 1.807) is 6.07 Å². The SMILES string of the molecule is CC1(C)SC[C@@H](C(=O)NCc2ccc3[nH]c(=O)[nH]c3c2)NC1=O. The van der Waals surface area contributed by atoms with Gasteiger partial charge < -0.3 is 20.6 Å². The first-order valence-corrected chi connectivity index (χ1v) is 8.27. The van der Waals surface area contributed by atoms with E-state index in [4.69, 9.17) is 0 Å². The molecule has 1 saturated heterocycles. The Labute approximate surface area is 136 Å². The first kappa shape index (κ1) is 15.7. The molecular weight excluding hydrogens is 316 g/mol. The maximum Gasteiger partial charge on any atom is 0.323 e. The number of H-pyrrole nitrogens is 2. The largest absolute Gasteiger partial charge is 0.350 e. The average molecular weight is 334 g/mol. The predicted octanol–water partition coefficient (Wildman–Crippen LogP) is 0.483. The van der Waals surface area contributed by atoms with E-state index in [2.05, 4.69) is 20.6 Å². The van der Waals surface area contributed by atoms with E-state index < -0.39 is 10.8 Å². The number of thioether (sulfide) groups is 1. The second kappa shape index (κ2) is 5.77. The van der Waals surface area contributed by atoms with E-state index in [0.29, 0.717) is 17.8 Å². The van der Waals surface area contributed by atoms with Gasteiger partial charge in [-0.25, -0.2) is 4.79 Å². The fourth-order valence-corrected chi connectivity index (χ4v) is 3.38. The first-order chi connectivity index (χ1) is 10.8. The normalized spacial score (nSPS) is 20.3. The fraction of sp³-hybridized carbons (Fsp3) is 0.400. The van der Waals surface area contributed by atoms with Crippen molar-refractivity contribution in [3.63, 3.8) is 0 Å². The van der Waals surface area contributed by atoms with Gasteiger partial charge in [-0.15, -0.1) is 11.8 Å². The van der Waals surface area contributed by atoms with Crippen molar-refractivity contribution in [1.29, 1.82) is 0 Å². The number of imidazole rings is 1. The molecule has 0 saturated carbocycles. The molecule has 0 spiro atoms. The van der Waals surface area contributed by atoms with Crippen molar-refractivity contribution in [2.45, 2.75) is 31.2 Å². The van der Waals surface area contributed by atoms with Crippen LogP contribution in [0.25, 0.3) is 11.0 Å². The number of amides is 2. The first-order valence-electron chi connectivity index (χ1n) is 7.29. The summed E-state index contributed by atoms with van der Waals surface area (Å²) in [5.74, 6) is 0.221. The molecule has 3 rings (SSSR count). The minimum Gasteiger partial charge on any atom is -0.350 e. The molecule has 1 aliphatic heterocycles. The summed E-state index contributed by atoms with van der Waals surface area (Å²) in [5, 5.41) is 5.57. The van der Waals surface area contributed by atoms with Crippen LogP contribution in [-0.2, 0) is 16.1 Å². The van der Waals surface area contributed by atoms with Crippen LogP contribution >= 0.6 is 11.8 Å². The zero-order valence-corrected chi connectivity index (χ0v) is 13.7. The van der Waals surface area contributed by atoms with Crippen LogP contribution in [0.3, 0.4) is 0 Å². The summed E-state index contributed by atoms with van der Waals surface area (Å²) in [6.07, 6.45) is 0. The number of hydrogen-bond donors (Lipinski definition) is 4. The van der Waals surface area contributed by atoms with Crippen molar-refractivity contribution < 1.29 is 9.59 Å². The maximum absolute atomic E-state index is 12.2. The van der Waals surface area contributed by atoms with Gasteiger partial charge in [-0.3, -0.25) is 9.59 Å². The molecule has 8 heteroatoms. The van der Waals surface area contributed by atoms with Crippen LogP contribution in [0, 0.1) is 0 Å². The Morgan fingerprint density at radius 3 is 2.78 bits per heavy atom. The third kappa shape index (κ3) is 3.26. The molecule has 0 unspecified atom stereocenters. The number of carbonyl (C=O) groups excluding carboxylic acids is 2. The molecule has 4 N–H and O–H groups in total. The molecular formula is C15H18N4O3S. The molecule has 2 heterocycles. The number of rotatable bonds is 3. The summed E-state index contributed by atoms with van der Waals surface area (Å²) in [6, 6.07) is 4.92. The Morgan fingerprint density at radius 1 is 1.30 bits per heavy atom. The molecule has 0 aliphatic carbocycles. The molecule has 1 aliphatic rings. The van der Waals surface area contributed by atoms with E-state index in [9.17, 15) is 14.4 Å². The third-order valence-corrected chi connectivity index (χ3v) is 5.23. The number of hydrogen-bond acceptors (Lipinski definition) is 4. The minimum absolute atomic E-state index is 0.125. The molecule has 1 aromatic carbocycles. The van der Waals surface area contributed by atoms with Gasteiger partial charge in [0.25, 0.3) is 0 Å². The summed E-state index contributed by atoms with van der Waals surface area (Å²) < 4.78 is -0.498. The van der Waals surface area contributed by atoms with Crippen LogP contribution in [0.4, 0.5) is 0 Å². The summed E-state index contributed by atoms with van der Waals surface area (Å²) in [6.45, 7) is 4.02. The highest BCUT2D eigenvalue weighted by Gasteiger charge is 2.37. The zero-order valence-electron chi connectivity index (χ0n) is 12.9. The van der Waals surface area contributed by atoms with Crippen molar-refractivity contribution in [2.24, 2.45) is 0 Å².